The van der Waals surface area contributed by atoms with Gasteiger partial charge < -0.3 is 14.7 Å². The van der Waals surface area contributed by atoms with Gasteiger partial charge in [0.05, 0.1) is 5.60 Å². The summed E-state index contributed by atoms with van der Waals surface area (Å²) in [5.41, 5.74) is 1.86. The highest BCUT2D eigenvalue weighted by Crippen LogP contribution is 2.41. The normalized spacial score (nSPS) is 21.6. The summed E-state index contributed by atoms with van der Waals surface area (Å²) in [5.74, 6) is 1.86. The van der Waals surface area contributed by atoms with Crippen molar-refractivity contribution in [3.8, 4) is 5.75 Å². The third-order valence-corrected chi connectivity index (χ3v) is 7.77. The molecule has 3 heteroatoms. The van der Waals surface area contributed by atoms with Crippen molar-refractivity contribution in [1.82, 2.24) is 4.90 Å². The second-order valence-corrected chi connectivity index (χ2v) is 10.1. The van der Waals surface area contributed by atoms with Crippen LogP contribution in [0, 0.1) is 5.92 Å². The SMILES string of the molecule is CC.CCC1CCCCN(CC(c2ccc(OCc3ccccc3)cc2)C2(O)CCCCC2)C1. The van der Waals surface area contributed by atoms with Gasteiger partial charge in [-0.1, -0.05) is 95.3 Å². The summed E-state index contributed by atoms with van der Waals surface area (Å²) in [7, 11) is 0. The largest absolute Gasteiger partial charge is 0.489 e. The molecule has 4 rings (SSSR count). The van der Waals surface area contributed by atoms with E-state index in [1.807, 2.05) is 32.0 Å². The lowest BCUT2D eigenvalue weighted by Crippen LogP contribution is -2.45. The molecule has 1 saturated heterocycles. The lowest BCUT2D eigenvalue weighted by atomic mass is 9.72. The van der Waals surface area contributed by atoms with Crippen LogP contribution in [0.1, 0.15) is 95.6 Å². The Balaban J connectivity index is 0.00000158. The zero-order valence-corrected chi connectivity index (χ0v) is 21.8. The zero-order valence-electron chi connectivity index (χ0n) is 21.8. The van der Waals surface area contributed by atoms with E-state index in [-0.39, 0.29) is 5.92 Å². The van der Waals surface area contributed by atoms with Crippen molar-refractivity contribution in [3.05, 3.63) is 65.7 Å². The number of ether oxygens (including phenoxy) is 1. The maximum absolute atomic E-state index is 11.8. The summed E-state index contributed by atoms with van der Waals surface area (Å²) in [6.07, 6.45) is 10.6. The van der Waals surface area contributed by atoms with Crippen LogP contribution < -0.4 is 4.74 Å². The fourth-order valence-electron chi connectivity index (χ4n) is 5.71. The van der Waals surface area contributed by atoms with E-state index in [2.05, 4.69) is 48.2 Å². The zero-order chi connectivity index (χ0) is 24.2. The Morgan fingerprint density at radius 3 is 2.32 bits per heavy atom. The molecule has 0 spiro atoms. The van der Waals surface area contributed by atoms with Crippen LogP contribution in [0.25, 0.3) is 0 Å². The van der Waals surface area contributed by atoms with Crippen molar-refractivity contribution in [2.75, 3.05) is 19.6 Å². The van der Waals surface area contributed by atoms with E-state index in [1.165, 1.54) is 56.3 Å². The Morgan fingerprint density at radius 1 is 0.941 bits per heavy atom. The second-order valence-electron chi connectivity index (χ2n) is 10.1. The highest BCUT2D eigenvalue weighted by molar-refractivity contribution is 5.32. The number of benzene rings is 2. The lowest BCUT2D eigenvalue weighted by molar-refractivity contribution is -0.0315. The van der Waals surface area contributed by atoms with Crippen LogP contribution in [-0.2, 0) is 6.61 Å². The standard InChI is InChI=1S/C29H41NO2.C2H6/c1-2-24-11-7-10-20-30(21-24)22-28(29(31)18-8-4-9-19-29)26-14-16-27(17-15-26)32-23-25-12-5-3-6-13-25;1-2/h3,5-6,12-17,24,28,31H,2,4,7-11,18-23H2,1H3;1-2H3. The fraction of sp³-hybridized carbons (Fsp3) is 0.613. The summed E-state index contributed by atoms with van der Waals surface area (Å²) < 4.78 is 6.02. The first-order chi connectivity index (χ1) is 16.7. The van der Waals surface area contributed by atoms with Gasteiger partial charge in [0.2, 0.25) is 0 Å². The minimum Gasteiger partial charge on any atom is -0.489 e. The molecule has 0 aromatic heterocycles. The molecule has 1 saturated carbocycles. The molecule has 0 amide bonds. The molecule has 0 bridgehead atoms. The number of likely N-dealkylation sites (tertiary alicyclic amines) is 1. The molecule has 3 nitrogen and oxygen atoms in total. The molecule has 2 fully saturated rings. The number of nitrogens with zero attached hydrogens (tertiary/aromatic N) is 1. The molecule has 2 unspecified atom stereocenters. The Kier molecular flexibility index (Phi) is 10.9. The third-order valence-electron chi connectivity index (χ3n) is 7.77. The smallest absolute Gasteiger partial charge is 0.119 e. The maximum Gasteiger partial charge on any atom is 0.119 e. The average molecular weight is 466 g/mol. The van der Waals surface area contributed by atoms with Crippen molar-refractivity contribution < 1.29 is 9.84 Å². The summed E-state index contributed by atoms with van der Waals surface area (Å²) in [6.45, 7) is 10.2. The average Bonchev–Trinajstić information content (AvgIpc) is 3.14. The van der Waals surface area contributed by atoms with Crippen LogP contribution in [0.3, 0.4) is 0 Å². The summed E-state index contributed by atoms with van der Waals surface area (Å²) >= 11 is 0. The minimum absolute atomic E-state index is 0.168. The Hall–Kier alpha value is -1.84. The number of aliphatic hydroxyl groups is 1. The molecule has 2 atom stereocenters. The van der Waals surface area contributed by atoms with E-state index in [4.69, 9.17) is 4.74 Å². The van der Waals surface area contributed by atoms with E-state index in [0.717, 1.165) is 43.9 Å². The van der Waals surface area contributed by atoms with Crippen LogP contribution in [0.15, 0.2) is 54.6 Å². The maximum atomic E-state index is 11.8. The van der Waals surface area contributed by atoms with Gasteiger partial charge >= 0.3 is 0 Å². The monoisotopic (exact) mass is 465 g/mol. The minimum atomic E-state index is -0.585. The number of hydrogen-bond donors (Lipinski definition) is 1. The van der Waals surface area contributed by atoms with Gasteiger partial charge in [-0.05, 0) is 61.4 Å². The second kappa shape index (κ2) is 13.9. The predicted octanol–water partition coefficient (Wildman–Crippen LogP) is 7.58. The highest BCUT2D eigenvalue weighted by Gasteiger charge is 2.39. The quantitative estimate of drug-likeness (QED) is 0.436. The van der Waals surface area contributed by atoms with Gasteiger partial charge in [0, 0.05) is 19.0 Å². The molecule has 0 radical (unpaired) electrons. The molecule has 2 aliphatic rings. The number of hydrogen-bond acceptors (Lipinski definition) is 3. The van der Waals surface area contributed by atoms with E-state index < -0.39 is 5.60 Å². The van der Waals surface area contributed by atoms with Crippen molar-refractivity contribution >= 4 is 0 Å². The summed E-state index contributed by atoms with van der Waals surface area (Å²) in [4.78, 5) is 2.65. The molecule has 2 aromatic carbocycles. The molecule has 1 aliphatic carbocycles. The highest BCUT2D eigenvalue weighted by atomic mass is 16.5. The molecule has 1 aliphatic heterocycles. The first kappa shape index (κ1) is 26.8. The van der Waals surface area contributed by atoms with Crippen LogP contribution >= 0.6 is 0 Å². The van der Waals surface area contributed by atoms with Crippen molar-refractivity contribution in [1.29, 1.82) is 0 Å². The molecule has 188 valence electrons. The van der Waals surface area contributed by atoms with Gasteiger partial charge in [0.25, 0.3) is 0 Å². The Morgan fingerprint density at radius 2 is 1.65 bits per heavy atom. The van der Waals surface area contributed by atoms with E-state index in [0.29, 0.717) is 6.61 Å². The third kappa shape index (κ3) is 7.58. The van der Waals surface area contributed by atoms with E-state index in [9.17, 15) is 5.11 Å². The van der Waals surface area contributed by atoms with Crippen LogP contribution in [0.5, 0.6) is 5.75 Å². The predicted molar refractivity (Wildman–Crippen MR) is 143 cm³/mol. The summed E-state index contributed by atoms with van der Waals surface area (Å²) in [6, 6.07) is 18.9. The fourth-order valence-corrected chi connectivity index (χ4v) is 5.71. The van der Waals surface area contributed by atoms with Crippen LogP contribution in [0.2, 0.25) is 0 Å². The summed E-state index contributed by atoms with van der Waals surface area (Å²) in [5, 5.41) is 11.8. The number of rotatable bonds is 8. The first-order valence-corrected chi connectivity index (χ1v) is 13.9. The molecule has 34 heavy (non-hydrogen) atoms. The van der Waals surface area contributed by atoms with E-state index >= 15 is 0 Å². The molecule has 2 aromatic rings. The topological polar surface area (TPSA) is 32.7 Å². The van der Waals surface area contributed by atoms with Crippen molar-refractivity contribution in [2.45, 2.75) is 96.7 Å². The van der Waals surface area contributed by atoms with Crippen molar-refractivity contribution in [2.24, 2.45) is 5.92 Å². The molecular formula is C31H47NO2. The molecule has 1 N–H and O–H groups in total. The van der Waals surface area contributed by atoms with Gasteiger partial charge in [-0.2, -0.15) is 0 Å². The van der Waals surface area contributed by atoms with Gasteiger partial charge in [-0.15, -0.1) is 0 Å². The van der Waals surface area contributed by atoms with Gasteiger partial charge in [-0.3, -0.25) is 0 Å². The Bertz CT molecular complexity index is 798. The first-order valence-electron chi connectivity index (χ1n) is 13.9. The van der Waals surface area contributed by atoms with Gasteiger partial charge in [-0.25, -0.2) is 0 Å². The van der Waals surface area contributed by atoms with Gasteiger partial charge in [0.15, 0.2) is 0 Å². The Labute approximate surface area is 208 Å². The molecule has 1 heterocycles. The van der Waals surface area contributed by atoms with Crippen LogP contribution in [0.4, 0.5) is 0 Å². The van der Waals surface area contributed by atoms with E-state index in [1.54, 1.807) is 0 Å². The van der Waals surface area contributed by atoms with Gasteiger partial charge in [0.1, 0.15) is 12.4 Å². The molecular weight excluding hydrogens is 418 g/mol. The lowest BCUT2D eigenvalue weighted by Gasteiger charge is -2.42. The van der Waals surface area contributed by atoms with Crippen molar-refractivity contribution in [3.63, 3.8) is 0 Å². The van der Waals surface area contributed by atoms with Crippen LogP contribution in [-0.4, -0.2) is 35.2 Å².